The Morgan fingerprint density at radius 3 is 2.44 bits per heavy atom. The van der Waals surface area contributed by atoms with Gasteiger partial charge in [0.25, 0.3) is 0 Å². The zero-order valence-electron chi connectivity index (χ0n) is 11.6. The Balaban J connectivity index is 2.13. The number of hydrogen-bond donors (Lipinski definition) is 2. The molecule has 1 rings (SSSR count). The van der Waals surface area contributed by atoms with Crippen molar-refractivity contribution in [1.82, 2.24) is 5.32 Å². The summed E-state index contributed by atoms with van der Waals surface area (Å²) >= 11 is 0. The first-order chi connectivity index (χ1) is 8.58. The van der Waals surface area contributed by atoms with E-state index in [1.54, 1.807) is 12.1 Å². The van der Waals surface area contributed by atoms with E-state index >= 15 is 0 Å². The summed E-state index contributed by atoms with van der Waals surface area (Å²) in [6, 6.07) is 7.80. The van der Waals surface area contributed by atoms with E-state index in [4.69, 9.17) is 4.74 Å². The van der Waals surface area contributed by atoms with Crippen molar-refractivity contribution >= 4 is 0 Å². The highest BCUT2D eigenvalue weighted by Crippen LogP contribution is 2.11. The van der Waals surface area contributed by atoms with Crippen molar-refractivity contribution in [3.05, 3.63) is 29.8 Å². The molecular formula is C15H25NO2. The van der Waals surface area contributed by atoms with Gasteiger partial charge in [0.1, 0.15) is 5.75 Å². The van der Waals surface area contributed by atoms with Gasteiger partial charge in [0.15, 0.2) is 0 Å². The maximum absolute atomic E-state index is 9.20. The molecule has 1 atom stereocenters. The first-order valence-corrected chi connectivity index (χ1v) is 6.67. The van der Waals surface area contributed by atoms with Crippen LogP contribution in [0.2, 0.25) is 0 Å². The first kappa shape index (κ1) is 15.0. The minimum absolute atomic E-state index is 0.321. The topological polar surface area (TPSA) is 41.5 Å². The van der Waals surface area contributed by atoms with E-state index < -0.39 is 0 Å². The number of hydrogen-bond acceptors (Lipinski definition) is 3. The molecule has 2 N–H and O–H groups in total. The van der Waals surface area contributed by atoms with E-state index in [2.05, 4.69) is 26.1 Å². The van der Waals surface area contributed by atoms with Crippen molar-refractivity contribution in [3.63, 3.8) is 0 Å². The highest BCUT2D eigenvalue weighted by Gasteiger charge is 2.03. The molecule has 0 spiro atoms. The monoisotopic (exact) mass is 251 g/mol. The lowest BCUT2D eigenvalue weighted by atomic mass is 10.1. The third-order valence-corrected chi connectivity index (χ3v) is 2.67. The largest absolute Gasteiger partial charge is 0.508 e. The quantitative estimate of drug-likeness (QED) is 0.698. The maximum atomic E-state index is 9.20. The van der Waals surface area contributed by atoms with E-state index in [-0.39, 0.29) is 0 Å². The van der Waals surface area contributed by atoms with Crippen LogP contribution in [0.25, 0.3) is 0 Å². The number of ether oxygens (including phenoxy) is 1. The van der Waals surface area contributed by atoms with Crippen molar-refractivity contribution in [1.29, 1.82) is 0 Å². The normalized spacial score (nSPS) is 12.9. The van der Waals surface area contributed by atoms with Crippen LogP contribution in [0, 0.1) is 5.92 Å². The van der Waals surface area contributed by atoms with Gasteiger partial charge < -0.3 is 15.2 Å². The van der Waals surface area contributed by atoms with Gasteiger partial charge in [0.2, 0.25) is 0 Å². The molecule has 0 aliphatic carbocycles. The zero-order valence-corrected chi connectivity index (χ0v) is 11.6. The number of aromatic hydroxyl groups is 1. The van der Waals surface area contributed by atoms with Crippen molar-refractivity contribution in [2.24, 2.45) is 5.92 Å². The molecule has 0 saturated carbocycles. The molecule has 18 heavy (non-hydrogen) atoms. The summed E-state index contributed by atoms with van der Waals surface area (Å²) in [6.07, 6.45) is 0.963. The third kappa shape index (κ3) is 6.62. The molecule has 0 aliphatic heterocycles. The molecule has 0 heterocycles. The van der Waals surface area contributed by atoms with E-state index in [1.807, 2.05) is 12.1 Å². The van der Waals surface area contributed by atoms with Gasteiger partial charge in [0, 0.05) is 19.2 Å². The molecule has 0 saturated heterocycles. The molecule has 0 aromatic heterocycles. The number of phenols is 1. The molecular weight excluding hydrogens is 226 g/mol. The maximum Gasteiger partial charge on any atom is 0.115 e. The fourth-order valence-corrected chi connectivity index (χ4v) is 1.75. The van der Waals surface area contributed by atoms with Gasteiger partial charge in [-0.15, -0.1) is 0 Å². The van der Waals surface area contributed by atoms with Crippen LogP contribution in [0.3, 0.4) is 0 Å². The first-order valence-electron chi connectivity index (χ1n) is 6.67. The van der Waals surface area contributed by atoms with Crippen molar-refractivity contribution in [2.45, 2.75) is 33.2 Å². The Kier molecular flexibility index (Phi) is 6.76. The summed E-state index contributed by atoms with van der Waals surface area (Å²) in [5, 5.41) is 12.6. The van der Waals surface area contributed by atoms with Gasteiger partial charge in [-0.05, 0) is 37.0 Å². The third-order valence-electron chi connectivity index (χ3n) is 2.67. The number of phenolic OH excluding ortho intramolecular Hbond substituents is 1. The number of nitrogens with one attached hydrogen (secondary N) is 1. The second-order valence-electron chi connectivity index (χ2n) is 5.19. The molecule has 1 aromatic carbocycles. The summed E-state index contributed by atoms with van der Waals surface area (Å²) in [5.74, 6) is 0.917. The fraction of sp³-hybridized carbons (Fsp3) is 0.600. The molecule has 1 aromatic rings. The predicted molar refractivity (Wildman–Crippen MR) is 74.9 cm³/mol. The van der Waals surface area contributed by atoms with Crippen LogP contribution >= 0.6 is 0 Å². The predicted octanol–water partition coefficient (Wildman–Crippen LogP) is 2.59. The van der Waals surface area contributed by atoms with Crippen molar-refractivity contribution < 1.29 is 9.84 Å². The van der Waals surface area contributed by atoms with Gasteiger partial charge in [0.05, 0.1) is 6.61 Å². The Morgan fingerprint density at radius 1 is 1.17 bits per heavy atom. The van der Waals surface area contributed by atoms with Gasteiger partial charge in [-0.2, -0.15) is 0 Å². The van der Waals surface area contributed by atoms with Crippen LogP contribution in [0.1, 0.15) is 26.3 Å². The molecule has 0 radical (unpaired) electrons. The van der Waals surface area contributed by atoms with E-state index in [1.165, 1.54) is 5.56 Å². The van der Waals surface area contributed by atoms with Crippen LogP contribution < -0.4 is 5.32 Å². The highest BCUT2D eigenvalue weighted by molar-refractivity contribution is 5.26. The van der Waals surface area contributed by atoms with Crippen LogP contribution in [0.4, 0.5) is 0 Å². The standard InChI is InChI=1S/C15H25NO2/c1-12(2)11-18-9-8-16-13(3)10-14-4-6-15(17)7-5-14/h4-7,12-13,16-17H,8-11H2,1-3H3. The van der Waals surface area contributed by atoms with E-state index in [0.29, 0.717) is 17.7 Å². The Bertz CT molecular complexity index is 322. The van der Waals surface area contributed by atoms with Gasteiger partial charge in [-0.25, -0.2) is 0 Å². The summed E-state index contributed by atoms with van der Waals surface area (Å²) in [6.45, 7) is 8.94. The molecule has 3 heteroatoms. The lowest BCUT2D eigenvalue weighted by molar-refractivity contribution is 0.110. The van der Waals surface area contributed by atoms with Crippen molar-refractivity contribution in [2.75, 3.05) is 19.8 Å². The van der Waals surface area contributed by atoms with Gasteiger partial charge >= 0.3 is 0 Å². The summed E-state index contributed by atoms with van der Waals surface area (Å²) in [4.78, 5) is 0. The van der Waals surface area contributed by atoms with E-state index in [0.717, 1.165) is 26.2 Å². The lowest BCUT2D eigenvalue weighted by Gasteiger charge is -2.14. The Hall–Kier alpha value is -1.06. The molecule has 0 fully saturated rings. The molecule has 102 valence electrons. The molecule has 0 bridgehead atoms. The molecule has 1 unspecified atom stereocenters. The number of benzene rings is 1. The fourth-order valence-electron chi connectivity index (χ4n) is 1.75. The minimum atomic E-state index is 0.321. The lowest BCUT2D eigenvalue weighted by Crippen LogP contribution is -2.31. The Labute approximate surface area is 110 Å². The smallest absolute Gasteiger partial charge is 0.115 e. The summed E-state index contributed by atoms with van der Waals surface area (Å²) in [7, 11) is 0. The minimum Gasteiger partial charge on any atom is -0.508 e. The highest BCUT2D eigenvalue weighted by atomic mass is 16.5. The Morgan fingerprint density at radius 2 is 1.83 bits per heavy atom. The molecule has 3 nitrogen and oxygen atoms in total. The van der Waals surface area contributed by atoms with Crippen LogP contribution in [0.15, 0.2) is 24.3 Å². The van der Waals surface area contributed by atoms with Gasteiger partial charge in [-0.1, -0.05) is 26.0 Å². The molecule has 0 amide bonds. The zero-order chi connectivity index (χ0) is 13.4. The SMILES string of the molecule is CC(C)COCCNC(C)Cc1ccc(O)cc1. The van der Waals surface area contributed by atoms with Crippen LogP contribution in [-0.2, 0) is 11.2 Å². The summed E-state index contributed by atoms with van der Waals surface area (Å²) in [5.41, 5.74) is 1.23. The van der Waals surface area contributed by atoms with E-state index in [9.17, 15) is 5.11 Å². The van der Waals surface area contributed by atoms with Gasteiger partial charge in [-0.3, -0.25) is 0 Å². The van der Waals surface area contributed by atoms with Crippen LogP contribution in [-0.4, -0.2) is 30.9 Å². The average Bonchev–Trinajstić information content (AvgIpc) is 2.31. The second-order valence-corrected chi connectivity index (χ2v) is 5.19. The number of rotatable bonds is 8. The summed E-state index contributed by atoms with van der Waals surface area (Å²) < 4.78 is 5.52. The second kappa shape index (κ2) is 8.11. The average molecular weight is 251 g/mol. The molecule has 0 aliphatic rings. The van der Waals surface area contributed by atoms with Crippen LogP contribution in [0.5, 0.6) is 5.75 Å². The van der Waals surface area contributed by atoms with Crippen molar-refractivity contribution in [3.8, 4) is 5.75 Å².